The molecule has 0 bridgehead atoms. The lowest BCUT2D eigenvalue weighted by molar-refractivity contribution is 0.0556. The lowest BCUT2D eigenvalue weighted by Crippen LogP contribution is -2.14. The molecule has 0 fully saturated rings. The van der Waals surface area contributed by atoms with Crippen LogP contribution in [0.4, 0.5) is 0 Å². The van der Waals surface area contributed by atoms with Crippen LogP contribution in [0.2, 0.25) is 10.0 Å². The fourth-order valence-corrected chi connectivity index (χ4v) is 3.33. The number of hydrogen-bond donors (Lipinski definition) is 0. The van der Waals surface area contributed by atoms with Gasteiger partial charge in [0.2, 0.25) is 0 Å². The smallest absolute Gasteiger partial charge is 0.339 e. The summed E-state index contributed by atoms with van der Waals surface area (Å²) < 4.78 is 9.83. The van der Waals surface area contributed by atoms with Crippen molar-refractivity contribution in [3.63, 3.8) is 0 Å². The maximum absolute atomic E-state index is 12.6. The Morgan fingerprint density at radius 1 is 0.714 bits per heavy atom. The molecular weight excluding hydrogens is 399 g/mol. The van der Waals surface area contributed by atoms with Crippen molar-refractivity contribution in [2.75, 3.05) is 14.2 Å². The van der Waals surface area contributed by atoms with E-state index in [0.29, 0.717) is 26.7 Å². The average molecular weight is 415 g/mol. The second-order valence-corrected chi connectivity index (χ2v) is 6.82. The third-order valence-corrected chi connectivity index (χ3v) is 4.70. The summed E-state index contributed by atoms with van der Waals surface area (Å²) in [5, 5.41) is 1.06. The highest BCUT2D eigenvalue weighted by atomic mass is 35.5. The summed E-state index contributed by atoms with van der Waals surface area (Å²) >= 11 is 12.3. The van der Waals surface area contributed by atoms with Crippen LogP contribution in [0.15, 0.2) is 60.7 Å². The number of carbonyl (C=O) groups excluding carboxylic acids is 2. The molecule has 0 saturated heterocycles. The molecule has 0 aliphatic carbocycles. The standard InChI is InChI=1S/C22H16Cl2O4/c1-27-21(25)19-12-15(13-5-3-7-16(23)9-13)11-18(20(19)22(26)28-2)14-6-4-8-17(24)10-14/h3-12H,1-2H3. The van der Waals surface area contributed by atoms with Gasteiger partial charge in [0.25, 0.3) is 0 Å². The molecule has 142 valence electrons. The van der Waals surface area contributed by atoms with Gasteiger partial charge in [-0.1, -0.05) is 47.5 Å². The highest BCUT2D eigenvalue weighted by Crippen LogP contribution is 2.35. The van der Waals surface area contributed by atoms with E-state index in [4.69, 9.17) is 32.7 Å². The Morgan fingerprint density at radius 2 is 1.29 bits per heavy atom. The van der Waals surface area contributed by atoms with E-state index >= 15 is 0 Å². The number of ether oxygens (including phenoxy) is 2. The SMILES string of the molecule is COC(=O)c1cc(-c2cccc(Cl)c2)cc(-c2cccc(Cl)c2)c1C(=O)OC. The summed E-state index contributed by atoms with van der Waals surface area (Å²) in [4.78, 5) is 25.0. The summed E-state index contributed by atoms with van der Waals surface area (Å²) in [5.74, 6) is -1.29. The highest BCUT2D eigenvalue weighted by Gasteiger charge is 2.25. The van der Waals surface area contributed by atoms with Crippen molar-refractivity contribution in [1.82, 2.24) is 0 Å². The molecule has 6 heteroatoms. The van der Waals surface area contributed by atoms with E-state index in [2.05, 4.69) is 0 Å². The minimum atomic E-state index is -0.646. The molecule has 0 amide bonds. The maximum Gasteiger partial charge on any atom is 0.339 e. The molecule has 0 radical (unpaired) electrons. The number of carbonyl (C=O) groups is 2. The summed E-state index contributed by atoms with van der Waals surface area (Å²) in [7, 11) is 2.52. The predicted molar refractivity (Wildman–Crippen MR) is 110 cm³/mol. The molecule has 4 nitrogen and oxygen atoms in total. The lowest BCUT2D eigenvalue weighted by Gasteiger charge is -2.15. The maximum atomic E-state index is 12.6. The largest absolute Gasteiger partial charge is 0.465 e. The van der Waals surface area contributed by atoms with Gasteiger partial charge in [0.15, 0.2) is 0 Å². The Labute approximate surface area is 172 Å². The molecular formula is C22H16Cl2O4. The zero-order valence-electron chi connectivity index (χ0n) is 15.2. The van der Waals surface area contributed by atoms with Crippen LogP contribution >= 0.6 is 23.2 Å². The number of rotatable bonds is 4. The van der Waals surface area contributed by atoms with Crippen molar-refractivity contribution in [2.45, 2.75) is 0 Å². The van der Waals surface area contributed by atoms with Gasteiger partial charge in [-0.15, -0.1) is 0 Å². The highest BCUT2D eigenvalue weighted by molar-refractivity contribution is 6.31. The van der Waals surface area contributed by atoms with Crippen molar-refractivity contribution in [2.24, 2.45) is 0 Å². The van der Waals surface area contributed by atoms with Crippen LogP contribution in [0.5, 0.6) is 0 Å². The van der Waals surface area contributed by atoms with Crippen LogP contribution in [0, 0.1) is 0 Å². The van der Waals surface area contributed by atoms with Gasteiger partial charge in [0.1, 0.15) is 0 Å². The molecule has 28 heavy (non-hydrogen) atoms. The van der Waals surface area contributed by atoms with E-state index in [1.807, 2.05) is 12.1 Å². The molecule has 0 heterocycles. The minimum absolute atomic E-state index is 0.0989. The number of benzene rings is 3. The van der Waals surface area contributed by atoms with Crippen LogP contribution in [0.1, 0.15) is 20.7 Å². The second kappa shape index (κ2) is 8.46. The molecule has 0 saturated carbocycles. The van der Waals surface area contributed by atoms with E-state index in [1.54, 1.807) is 48.5 Å². The summed E-state index contributed by atoms with van der Waals surface area (Å²) in [6.45, 7) is 0. The molecule has 0 unspecified atom stereocenters. The molecule has 0 aliphatic rings. The first-order chi connectivity index (χ1) is 13.4. The Morgan fingerprint density at radius 3 is 1.86 bits per heavy atom. The Hall–Kier alpha value is -2.82. The van der Waals surface area contributed by atoms with Gasteiger partial charge >= 0.3 is 11.9 Å². The molecule has 0 N–H and O–H groups in total. The van der Waals surface area contributed by atoms with E-state index in [1.165, 1.54) is 14.2 Å². The van der Waals surface area contributed by atoms with Crippen molar-refractivity contribution in [3.05, 3.63) is 81.8 Å². The van der Waals surface area contributed by atoms with E-state index in [-0.39, 0.29) is 11.1 Å². The lowest BCUT2D eigenvalue weighted by atomic mass is 9.90. The van der Waals surface area contributed by atoms with Crippen LogP contribution in [0.25, 0.3) is 22.3 Å². The minimum Gasteiger partial charge on any atom is -0.465 e. The fourth-order valence-electron chi connectivity index (χ4n) is 2.95. The van der Waals surface area contributed by atoms with Crippen molar-refractivity contribution in [1.29, 1.82) is 0 Å². The Balaban J connectivity index is 2.37. The first-order valence-electron chi connectivity index (χ1n) is 8.31. The van der Waals surface area contributed by atoms with Crippen LogP contribution < -0.4 is 0 Å². The fraction of sp³-hybridized carbons (Fsp3) is 0.0909. The van der Waals surface area contributed by atoms with E-state index < -0.39 is 11.9 Å². The van der Waals surface area contributed by atoms with Gasteiger partial charge in [-0.05, 0) is 58.7 Å². The van der Waals surface area contributed by atoms with Crippen LogP contribution in [0.3, 0.4) is 0 Å². The van der Waals surface area contributed by atoms with Gasteiger partial charge in [-0.2, -0.15) is 0 Å². The van der Waals surface area contributed by atoms with Crippen LogP contribution in [-0.4, -0.2) is 26.2 Å². The topological polar surface area (TPSA) is 52.6 Å². The predicted octanol–water partition coefficient (Wildman–Crippen LogP) is 5.90. The number of hydrogen-bond acceptors (Lipinski definition) is 4. The number of esters is 2. The molecule has 3 aromatic rings. The summed E-state index contributed by atoms with van der Waals surface area (Å²) in [6.07, 6.45) is 0. The molecule has 0 aromatic heterocycles. The monoisotopic (exact) mass is 414 g/mol. The van der Waals surface area contributed by atoms with Gasteiger partial charge in [0, 0.05) is 10.0 Å². The first-order valence-corrected chi connectivity index (χ1v) is 9.06. The third kappa shape index (κ3) is 4.03. The normalized spacial score (nSPS) is 10.4. The van der Waals surface area contributed by atoms with Gasteiger partial charge in [-0.3, -0.25) is 0 Å². The first kappa shape index (κ1) is 19.9. The number of halogens is 2. The molecule has 0 spiro atoms. The van der Waals surface area contributed by atoms with E-state index in [0.717, 1.165) is 5.56 Å². The molecule has 0 aliphatic heterocycles. The van der Waals surface area contributed by atoms with Crippen LogP contribution in [-0.2, 0) is 9.47 Å². The number of methoxy groups -OCH3 is 2. The van der Waals surface area contributed by atoms with Gasteiger partial charge in [-0.25, -0.2) is 9.59 Å². The molecule has 3 aromatic carbocycles. The second-order valence-electron chi connectivity index (χ2n) is 5.95. The zero-order valence-corrected chi connectivity index (χ0v) is 16.7. The summed E-state index contributed by atoms with van der Waals surface area (Å²) in [6, 6.07) is 17.6. The Kier molecular flexibility index (Phi) is 6.02. The quantitative estimate of drug-likeness (QED) is 0.498. The summed E-state index contributed by atoms with van der Waals surface area (Å²) in [5.41, 5.74) is 2.88. The van der Waals surface area contributed by atoms with Gasteiger partial charge < -0.3 is 9.47 Å². The van der Waals surface area contributed by atoms with Gasteiger partial charge in [0.05, 0.1) is 25.3 Å². The van der Waals surface area contributed by atoms with Crippen molar-refractivity contribution >= 4 is 35.1 Å². The van der Waals surface area contributed by atoms with E-state index in [9.17, 15) is 9.59 Å². The zero-order chi connectivity index (χ0) is 20.3. The van der Waals surface area contributed by atoms with Crippen molar-refractivity contribution < 1.29 is 19.1 Å². The third-order valence-electron chi connectivity index (χ3n) is 4.23. The van der Waals surface area contributed by atoms with Crippen molar-refractivity contribution in [3.8, 4) is 22.3 Å². The Bertz CT molecular complexity index is 1060. The average Bonchev–Trinajstić information content (AvgIpc) is 2.71. The molecule has 0 atom stereocenters. The molecule has 3 rings (SSSR count).